The van der Waals surface area contributed by atoms with Crippen LogP contribution in [0.2, 0.25) is 0 Å². The Bertz CT molecular complexity index is 584. The van der Waals surface area contributed by atoms with Gasteiger partial charge in [-0.05, 0) is 37.0 Å². The van der Waals surface area contributed by atoms with Crippen LogP contribution in [0.5, 0.6) is 0 Å². The zero-order chi connectivity index (χ0) is 13.2. The molecule has 1 heterocycles. The number of rotatable bonds is 4. The van der Waals surface area contributed by atoms with Gasteiger partial charge >= 0.3 is 0 Å². The van der Waals surface area contributed by atoms with Gasteiger partial charge in [0.05, 0.1) is 5.69 Å². The van der Waals surface area contributed by atoms with Crippen LogP contribution in [0.4, 0.5) is 5.13 Å². The number of anilines is 1. The van der Waals surface area contributed by atoms with Crippen molar-refractivity contribution >= 4 is 22.4 Å². The number of thiazole rings is 1. The number of aryl methyl sites for hydroxylation is 1. The molecule has 1 aliphatic rings. The predicted molar refractivity (Wildman–Crippen MR) is 77.9 cm³/mol. The molecule has 0 atom stereocenters. The van der Waals surface area contributed by atoms with E-state index in [9.17, 15) is 4.79 Å². The molecule has 1 N–H and O–H groups in total. The number of aromatic nitrogens is 1. The van der Waals surface area contributed by atoms with Crippen LogP contribution in [0.3, 0.4) is 0 Å². The highest BCUT2D eigenvalue weighted by atomic mass is 32.1. The molecule has 0 bridgehead atoms. The Hall–Kier alpha value is -1.68. The average Bonchev–Trinajstić information content (AvgIpc) is 3.20. The van der Waals surface area contributed by atoms with Crippen molar-refractivity contribution in [2.24, 2.45) is 0 Å². The summed E-state index contributed by atoms with van der Waals surface area (Å²) < 4.78 is 0. The molecule has 1 aromatic carbocycles. The van der Waals surface area contributed by atoms with Crippen LogP contribution < -0.4 is 5.32 Å². The zero-order valence-corrected chi connectivity index (χ0v) is 11.7. The Kier molecular flexibility index (Phi) is 3.34. The molecule has 0 unspecified atom stereocenters. The van der Waals surface area contributed by atoms with Gasteiger partial charge in [0.25, 0.3) is 5.91 Å². The summed E-state index contributed by atoms with van der Waals surface area (Å²) in [5, 5.41) is 5.62. The van der Waals surface area contributed by atoms with E-state index in [4.69, 9.17) is 0 Å². The molecule has 98 valence electrons. The second-order valence-corrected chi connectivity index (χ2v) is 5.71. The lowest BCUT2D eigenvalue weighted by Crippen LogP contribution is -2.11. The van der Waals surface area contributed by atoms with E-state index in [-0.39, 0.29) is 5.91 Å². The summed E-state index contributed by atoms with van der Waals surface area (Å²) in [4.78, 5) is 16.5. The van der Waals surface area contributed by atoms with Gasteiger partial charge in [0, 0.05) is 16.9 Å². The molecule has 1 fully saturated rings. The van der Waals surface area contributed by atoms with Gasteiger partial charge in [-0.25, -0.2) is 4.98 Å². The molecule has 2 aromatic rings. The van der Waals surface area contributed by atoms with Gasteiger partial charge < -0.3 is 0 Å². The minimum Gasteiger partial charge on any atom is -0.298 e. The Morgan fingerprint density at radius 2 is 2.11 bits per heavy atom. The molecule has 0 aliphatic heterocycles. The van der Waals surface area contributed by atoms with Crippen molar-refractivity contribution in [1.82, 2.24) is 4.98 Å². The second-order valence-electron chi connectivity index (χ2n) is 4.86. The molecule has 3 rings (SSSR count). The molecule has 0 saturated heterocycles. The van der Waals surface area contributed by atoms with Gasteiger partial charge in [0.2, 0.25) is 0 Å². The normalized spacial score (nSPS) is 14.4. The topological polar surface area (TPSA) is 42.0 Å². The highest BCUT2D eigenvalue weighted by Gasteiger charge is 2.26. The maximum Gasteiger partial charge on any atom is 0.257 e. The van der Waals surface area contributed by atoms with Crippen LogP contribution >= 0.6 is 11.3 Å². The third kappa shape index (κ3) is 2.84. The lowest BCUT2D eigenvalue weighted by atomic mass is 10.1. The summed E-state index contributed by atoms with van der Waals surface area (Å²) in [6, 6.07) is 7.71. The minimum absolute atomic E-state index is 0.0839. The van der Waals surface area contributed by atoms with Crippen molar-refractivity contribution in [2.75, 3.05) is 5.32 Å². The summed E-state index contributed by atoms with van der Waals surface area (Å²) in [7, 11) is 0. The van der Waals surface area contributed by atoms with Crippen LogP contribution in [0.1, 0.15) is 47.3 Å². The van der Waals surface area contributed by atoms with E-state index in [1.54, 1.807) is 0 Å². The van der Waals surface area contributed by atoms with Gasteiger partial charge in [-0.3, -0.25) is 10.1 Å². The van der Waals surface area contributed by atoms with Crippen LogP contribution in [0.15, 0.2) is 29.6 Å². The van der Waals surface area contributed by atoms with E-state index in [0.29, 0.717) is 16.6 Å². The van der Waals surface area contributed by atoms with Crippen LogP contribution in [-0.4, -0.2) is 10.9 Å². The van der Waals surface area contributed by atoms with Crippen molar-refractivity contribution in [3.8, 4) is 0 Å². The smallest absolute Gasteiger partial charge is 0.257 e. The average molecular weight is 272 g/mol. The first-order valence-electron chi connectivity index (χ1n) is 6.62. The Labute approximate surface area is 116 Å². The largest absolute Gasteiger partial charge is 0.298 e. The third-order valence-corrected chi connectivity index (χ3v) is 4.14. The highest BCUT2D eigenvalue weighted by molar-refractivity contribution is 7.14. The first-order valence-corrected chi connectivity index (χ1v) is 7.50. The lowest BCUT2D eigenvalue weighted by Gasteiger charge is -2.02. The van der Waals surface area contributed by atoms with E-state index in [1.807, 2.05) is 29.6 Å². The van der Waals surface area contributed by atoms with Gasteiger partial charge in [-0.2, -0.15) is 0 Å². The summed E-state index contributed by atoms with van der Waals surface area (Å²) in [6.07, 6.45) is 3.45. The molecule has 0 radical (unpaired) electrons. The van der Waals surface area contributed by atoms with E-state index in [1.165, 1.54) is 29.7 Å². The number of nitrogens with one attached hydrogen (secondary N) is 1. The van der Waals surface area contributed by atoms with Crippen LogP contribution in [0.25, 0.3) is 0 Å². The Morgan fingerprint density at radius 3 is 2.74 bits per heavy atom. The van der Waals surface area contributed by atoms with E-state index in [2.05, 4.69) is 17.2 Å². The van der Waals surface area contributed by atoms with Gasteiger partial charge in [0.1, 0.15) is 0 Å². The Morgan fingerprint density at radius 1 is 1.37 bits per heavy atom. The highest BCUT2D eigenvalue weighted by Crippen LogP contribution is 2.40. The number of carbonyl (C=O) groups is 1. The fourth-order valence-corrected chi connectivity index (χ4v) is 2.76. The summed E-state index contributed by atoms with van der Waals surface area (Å²) in [5.74, 6) is 0.546. The molecule has 1 saturated carbocycles. The van der Waals surface area contributed by atoms with E-state index >= 15 is 0 Å². The van der Waals surface area contributed by atoms with Crippen LogP contribution in [0, 0.1) is 0 Å². The number of hydrogen-bond donors (Lipinski definition) is 1. The third-order valence-electron chi connectivity index (χ3n) is 3.36. The maximum atomic E-state index is 12.1. The molecule has 0 spiro atoms. The first kappa shape index (κ1) is 12.4. The second kappa shape index (κ2) is 5.13. The molecule has 1 aromatic heterocycles. The monoisotopic (exact) mass is 272 g/mol. The summed E-state index contributed by atoms with van der Waals surface area (Å²) >= 11 is 1.51. The number of benzene rings is 1. The zero-order valence-electron chi connectivity index (χ0n) is 10.8. The minimum atomic E-state index is -0.0839. The first-order chi connectivity index (χ1) is 9.26. The molecular formula is C15H16N2OS. The number of carbonyl (C=O) groups excluding carboxylic acids is 1. The summed E-state index contributed by atoms with van der Waals surface area (Å²) in [5.41, 5.74) is 3.05. The number of hydrogen-bond acceptors (Lipinski definition) is 3. The molecule has 1 aliphatic carbocycles. The predicted octanol–water partition coefficient (Wildman–Crippen LogP) is 3.84. The van der Waals surface area contributed by atoms with Crippen molar-refractivity contribution in [2.45, 2.75) is 32.1 Å². The standard InChI is InChI=1S/C15H16N2OS/c1-2-10-3-5-12(6-4-10)14(18)17-15-16-13(9-19-15)11-7-8-11/h3-6,9,11H,2,7-8H2,1H3,(H,16,17,18). The van der Waals surface area contributed by atoms with Crippen molar-refractivity contribution in [3.05, 3.63) is 46.5 Å². The molecule has 1 amide bonds. The van der Waals surface area contributed by atoms with Gasteiger partial charge in [0.15, 0.2) is 5.13 Å². The number of nitrogens with zero attached hydrogens (tertiary/aromatic N) is 1. The van der Waals surface area contributed by atoms with E-state index in [0.717, 1.165) is 12.1 Å². The quantitative estimate of drug-likeness (QED) is 0.919. The van der Waals surface area contributed by atoms with Gasteiger partial charge in [-0.1, -0.05) is 19.1 Å². The summed E-state index contributed by atoms with van der Waals surface area (Å²) in [6.45, 7) is 2.10. The lowest BCUT2D eigenvalue weighted by molar-refractivity contribution is 0.102. The number of amides is 1. The molecular weight excluding hydrogens is 256 g/mol. The van der Waals surface area contributed by atoms with E-state index < -0.39 is 0 Å². The van der Waals surface area contributed by atoms with Gasteiger partial charge in [-0.15, -0.1) is 11.3 Å². The molecule has 3 nitrogen and oxygen atoms in total. The van der Waals surface area contributed by atoms with Crippen molar-refractivity contribution in [1.29, 1.82) is 0 Å². The van der Waals surface area contributed by atoms with Crippen molar-refractivity contribution < 1.29 is 4.79 Å². The molecule has 4 heteroatoms. The fourth-order valence-electron chi connectivity index (χ4n) is 1.97. The Balaban J connectivity index is 1.68. The van der Waals surface area contributed by atoms with Crippen molar-refractivity contribution in [3.63, 3.8) is 0 Å². The maximum absolute atomic E-state index is 12.1. The van der Waals surface area contributed by atoms with Crippen LogP contribution in [-0.2, 0) is 6.42 Å². The molecule has 19 heavy (non-hydrogen) atoms. The SMILES string of the molecule is CCc1ccc(C(=O)Nc2nc(C3CC3)cs2)cc1. The fraction of sp³-hybridized carbons (Fsp3) is 0.333.